The average Bonchev–Trinajstić information content (AvgIpc) is 2.97. The molecule has 0 unspecified atom stereocenters. The first kappa shape index (κ1) is 16.7. The molecule has 0 atom stereocenters. The van der Waals surface area contributed by atoms with Gasteiger partial charge in [-0.2, -0.15) is 0 Å². The highest BCUT2D eigenvalue weighted by Crippen LogP contribution is 2.32. The van der Waals surface area contributed by atoms with E-state index in [2.05, 4.69) is 5.16 Å². The summed E-state index contributed by atoms with van der Waals surface area (Å²) in [6.45, 7) is 1.57. The van der Waals surface area contributed by atoms with Crippen LogP contribution >= 0.6 is 11.6 Å². The van der Waals surface area contributed by atoms with Crippen molar-refractivity contribution in [3.8, 4) is 17.0 Å². The number of carbonyl (C=O) groups excluding carboxylic acids is 1. The van der Waals surface area contributed by atoms with E-state index in [0.29, 0.717) is 10.6 Å². The van der Waals surface area contributed by atoms with Crippen molar-refractivity contribution in [3.63, 3.8) is 0 Å². The zero-order valence-electron chi connectivity index (χ0n) is 12.9. The highest BCUT2D eigenvalue weighted by molar-refractivity contribution is 6.33. The lowest BCUT2D eigenvalue weighted by Gasteiger charge is -2.06. The first-order valence-electron chi connectivity index (χ1n) is 7.15. The molecule has 0 N–H and O–H groups in total. The summed E-state index contributed by atoms with van der Waals surface area (Å²) in [5, 5.41) is 15.1. The number of benzene rings is 2. The third kappa shape index (κ3) is 3.36. The van der Waals surface area contributed by atoms with Gasteiger partial charge in [0.1, 0.15) is 22.8 Å². The van der Waals surface area contributed by atoms with Gasteiger partial charge in [-0.25, -0.2) is 4.79 Å². The molecule has 0 spiro atoms. The Morgan fingerprint density at radius 1 is 1.24 bits per heavy atom. The molecule has 0 bridgehead atoms. The van der Waals surface area contributed by atoms with Gasteiger partial charge in [-0.3, -0.25) is 10.1 Å². The van der Waals surface area contributed by atoms with Gasteiger partial charge in [0.2, 0.25) is 0 Å². The monoisotopic (exact) mass is 358 g/mol. The summed E-state index contributed by atoms with van der Waals surface area (Å²) in [7, 11) is 0. The fourth-order valence-electron chi connectivity index (χ4n) is 2.27. The second-order valence-electron chi connectivity index (χ2n) is 5.09. The van der Waals surface area contributed by atoms with E-state index < -0.39 is 10.9 Å². The fourth-order valence-corrected chi connectivity index (χ4v) is 2.49. The number of hydrogen-bond acceptors (Lipinski definition) is 6. The normalized spacial score (nSPS) is 10.5. The van der Waals surface area contributed by atoms with Gasteiger partial charge in [0.25, 0.3) is 5.69 Å². The maximum absolute atomic E-state index is 12.5. The molecule has 0 radical (unpaired) electrons. The molecule has 0 aliphatic rings. The molecule has 1 aromatic heterocycles. The number of rotatable bonds is 4. The zero-order valence-corrected chi connectivity index (χ0v) is 13.7. The summed E-state index contributed by atoms with van der Waals surface area (Å²) >= 11 is 6.15. The Labute approximate surface area is 146 Å². The largest absolute Gasteiger partial charge is 0.423 e. The van der Waals surface area contributed by atoms with Crippen molar-refractivity contribution >= 4 is 23.3 Å². The van der Waals surface area contributed by atoms with Crippen molar-refractivity contribution in [2.24, 2.45) is 0 Å². The van der Waals surface area contributed by atoms with Crippen LogP contribution in [0.3, 0.4) is 0 Å². The average molecular weight is 359 g/mol. The third-order valence-electron chi connectivity index (χ3n) is 3.43. The number of halogens is 1. The van der Waals surface area contributed by atoms with Crippen molar-refractivity contribution in [2.45, 2.75) is 6.92 Å². The Morgan fingerprint density at radius 2 is 2.00 bits per heavy atom. The molecule has 126 valence electrons. The molecule has 1 heterocycles. The lowest BCUT2D eigenvalue weighted by atomic mass is 10.1. The van der Waals surface area contributed by atoms with E-state index >= 15 is 0 Å². The van der Waals surface area contributed by atoms with Crippen LogP contribution in [0.4, 0.5) is 5.69 Å². The van der Waals surface area contributed by atoms with Crippen LogP contribution in [0.25, 0.3) is 11.3 Å². The molecule has 8 heteroatoms. The van der Waals surface area contributed by atoms with E-state index in [4.69, 9.17) is 20.9 Å². The van der Waals surface area contributed by atoms with Crippen molar-refractivity contribution in [3.05, 3.63) is 75.0 Å². The van der Waals surface area contributed by atoms with Crippen molar-refractivity contribution in [1.29, 1.82) is 0 Å². The third-order valence-corrected chi connectivity index (χ3v) is 3.76. The Bertz CT molecular complexity index is 967. The topological polar surface area (TPSA) is 95.5 Å². The van der Waals surface area contributed by atoms with E-state index in [0.717, 1.165) is 6.07 Å². The number of hydrogen-bond donors (Lipinski definition) is 0. The van der Waals surface area contributed by atoms with E-state index in [1.807, 2.05) is 0 Å². The predicted molar refractivity (Wildman–Crippen MR) is 89.7 cm³/mol. The minimum Gasteiger partial charge on any atom is -0.423 e. The van der Waals surface area contributed by atoms with Gasteiger partial charge in [0.05, 0.1) is 16.0 Å². The first-order chi connectivity index (χ1) is 12.0. The highest BCUT2D eigenvalue weighted by atomic mass is 35.5. The van der Waals surface area contributed by atoms with Gasteiger partial charge in [-0.1, -0.05) is 41.0 Å². The van der Waals surface area contributed by atoms with E-state index in [1.165, 1.54) is 18.2 Å². The number of non-ortho nitro benzene ring substituents is 1. The number of aromatic nitrogens is 1. The van der Waals surface area contributed by atoms with Crippen molar-refractivity contribution < 1.29 is 19.0 Å². The van der Waals surface area contributed by atoms with Crippen LogP contribution in [-0.4, -0.2) is 16.0 Å². The fraction of sp³-hybridized carbons (Fsp3) is 0.0588. The first-order valence-corrected chi connectivity index (χ1v) is 7.53. The van der Waals surface area contributed by atoms with Crippen LogP contribution in [0, 0.1) is 17.0 Å². The van der Waals surface area contributed by atoms with Gasteiger partial charge in [0.15, 0.2) is 0 Å². The Balaban J connectivity index is 1.96. The Kier molecular flexibility index (Phi) is 4.49. The summed E-state index contributed by atoms with van der Waals surface area (Å²) in [6, 6.07) is 12.2. The SMILES string of the molecule is Cc1onc(-c2ccccc2Cl)c1C(=O)Oc1cccc([N+](=O)[O-])c1. The molecule has 0 aliphatic carbocycles. The van der Waals surface area contributed by atoms with E-state index in [-0.39, 0.29) is 28.5 Å². The lowest BCUT2D eigenvalue weighted by Crippen LogP contribution is -2.10. The number of esters is 1. The summed E-state index contributed by atoms with van der Waals surface area (Å²) in [5.74, 6) is -0.440. The minimum atomic E-state index is -0.742. The summed E-state index contributed by atoms with van der Waals surface area (Å²) < 4.78 is 10.4. The number of aryl methyl sites for hydroxylation is 1. The second-order valence-corrected chi connectivity index (χ2v) is 5.49. The van der Waals surface area contributed by atoms with Crippen LogP contribution in [-0.2, 0) is 0 Å². The van der Waals surface area contributed by atoms with Crippen LogP contribution in [0.5, 0.6) is 5.75 Å². The molecule has 0 fully saturated rings. The lowest BCUT2D eigenvalue weighted by molar-refractivity contribution is -0.384. The molecule has 3 rings (SSSR count). The molecule has 0 saturated heterocycles. The van der Waals surface area contributed by atoms with Crippen LogP contribution in [0.15, 0.2) is 53.1 Å². The molecule has 0 aliphatic heterocycles. The summed E-state index contributed by atoms with van der Waals surface area (Å²) in [6.07, 6.45) is 0. The van der Waals surface area contributed by atoms with E-state index in [9.17, 15) is 14.9 Å². The second kappa shape index (κ2) is 6.74. The number of nitro benzene ring substituents is 1. The molecule has 7 nitrogen and oxygen atoms in total. The Hall–Kier alpha value is -3.19. The van der Waals surface area contributed by atoms with Gasteiger partial charge < -0.3 is 9.26 Å². The van der Waals surface area contributed by atoms with Gasteiger partial charge in [-0.15, -0.1) is 0 Å². The summed E-state index contributed by atoms with van der Waals surface area (Å²) in [5.41, 5.74) is 0.698. The molecular weight excluding hydrogens is 348 g/mol. The van der Waals surface area contributed by atoms with Gasteiger partial charge >= 0.3 is 5.97 Å². The minimum absolute atomic E-state index is 0.0462. The molecule has 0 saturated carbocycles. The van der Waals surface area contributed by atoms with Crippen LogP contribution in [0.1, 0.15) is 16.1 Å². The van der Waals surface area contributed by atoms with Gasteiger partial charge in [-0.05, 0) is 19.1 Å². The zero-order chi connectivity index (χ0) is 18.0. The summed E-state index contributed by atoms with van der Waals surface area (Å²) in [4.78, 5) is 22.8. The van der Waals surface area contributed by atoms with Crippen LogP contribution < -0.4 is 4.74 Å². The highest BCUT2D eigenvalue weighted by Gasteiger charge is 2.25. The van der Waals surface area contributed by atoms with Crippen molar-refractivity contribution in [2.75, 3.05) is 0 Å². The number of ether oxygens (including phenoxy) is 1. The maximum Gasteiger partial charge on any atom is 0.349 e. The molecule has 3 aromatic rings. The molecular formula is C17H11ClN2O5. The number of nitro groups is 1. The molecule has 0 amide bonds. The van der Waals surface area contributed by atoms with Crippen molar-refractivity contribution in [1.82, 2.24) is 5.16 Å². The molecule has 25 heavy (non-hydrogen) atoms. The quantitative estimate of drug-likeness (QED) is 0.296. The van der Waals surface area contributed by atoms with E-state index in [1.54, 1.807) is 31.2 Å². The number of nitrogens with zero attached hydrogens (tertiary/aromatic N) is 2. The molecule has 2 aromatic carbocycles. The number of carbonyl (C=O) groups is 1. The standard InChI is InChI=1S/C17H11ClN2O5/c1-10-15(16(19-25-10)13-7-2-3-8-14(13)18)17(21)24-12-6-4-5-11(9-12)20(22)23/h2-9H,1H3. The van der Waals surface area contributed by atoms with Gasteiger partial charge in [0, 0.05) is 11.6 Å². The maximum atomic E-state index is 12.5. The Morgan fingerprint density at radius 3 is 2.72 bits per heavy atom. The van der Waals surface area contributed by atoms with Crippen LogP contribution in [0.2, 0.25) is 5.02 Å². The smallest absolute Gasteiger partial charge is 0.349 e. The predicted octanol–water partition coefficient (Wildman–Crippen LogP) is 4.43.